The van der Waals surface area contributed by atoms with Crippen LogP contribution in [0.2, 0.25) is 10.0 Å². The SMILES string of the molecule is O=C(N[C@@H](Cc1ccc(C2=CCN(S(=O)(=O)c3cccs3)CC2)cc1)C(=O)O)c1c(Cl)cccc1Cl. The van der Waals surface area contributed by atoms with Crippen LogP contribution < -0.4 is 5.32 Å². The van der Waals surface area contributed by atoms with Crippen molar-refractivity contribution in [3.05, 3.63) is 92.8 Å². The first kappa shape index (κ1) is 26.4. The van der Waals surface area contributed by atoms with Gasteiger partial charge < -0.3 is 10.4 Å². The molecule has 0 bridgehead atoms. The van der Waals surface area contributed by atoms with Gasteiger partial charge in [-0.05, 0) is 46.7 Å². The molecule has 0 spiro atoms. The minimum Gasteiger partial charge on any atom is -0.480 e. The molecule has 1 aliphatic rings. The molecule has 1 atom stereocenters. The Balaban J connectivity index is 1.42. The number of aliphatic carboxylic acids is 1. The van der Waals surface area contributed by atoms with Gasteiger partial charge in [-0.2, -0.15) is 4.31 Å². The normalized spacial score (nSPS) is 15.2. The lowest BCUT2D eigenvalue weighted by Gasteiger charge is -2.25. The molecule has 0 radical (unpaired) electrons. The van der Waals surface area contributed by atoms with Gasteiger partial charge in [0.1, 0.15) is 10.3 Å². The fourth-order valence-electron chi connectivity index (χ4n) is 3.90. The van der Waals surface area contributed by atoms with Crippen LogP contribution in [-0.2, 0) is 21.2 Å². The Morgan fingerprint density at radius 3 is 2.31 bits per heavy atom. The fraction of sp³-hybridized carbons (Fsp3) is 0.200. The van der Waals surface area contributed by atoms with Crippen LogP contribution in [0.25, 0.3) is 5.57 Å². The number of hydrogen-bond donors (Lipinski definition) is 2. The highest BCUT2D eigenvalue weighted by molar-refractivity contribution is 7.91. The third-order valence-corrected chi connectivity index (χ3v) is 9.69. The van der Waals surface area contributed by atoms with E-state index >= 15 is 0 Å². The zero-order valence-electron chi connectivity index (χ0n) is 18.9. The highest BCUT2D eigenvalue weighted by Gasteiger charge is 2.27. The average Bonchev–Trinajstić information content (AvgIpc) is 3.40. The maximum Gasteiger partial charge on any atom is 0.326 e. The summed E-state index contributed by atoms with van der Waals surface area (Å²) >= 11 is 13.3. The number of amides is 1. The highest BCUT2D eigenvalue weighted by atomic mass is 35.5. The van der Waals surface area contributed by atoms with Gasteiger partial charge >= 0.3 is 5.97 Å². The van der Waals surface area contributed by atoms with Gasteiger partial charge in [-0.1, -0.05) is 65.7 Å². The second-order valence-electron chi connectivity index (χ2n) is 8.14. The van der Waals surface area contributed by atoms with Gasteiger partial charge in [0.05, 0.1) is 15.6 Å². The van der Waals surface area contributed by atoms with Gasteiger partial charge in [-0.3, -0.25) is 4.79 Å². The molecule has 1 amide bonds. The van der Waals surface area contributed by atoms with Crippen LogP contribution in [0.4, 0.5) is 0 Å². The molecule has 2 aromatic carbocycles. The third kappa shape index (κ3) is 5.82. The van der Waals surface area contributed by atoms with Crippen LogP contribution in [-0.4, -0.2) is 48.8 Å². The van der Waals surface area contributed by atoms with Crippen LogP contribution in [0, 0.1) is 0 Å². The van der Waals surface area contributed by atoms with Gasteiger partial charge in [0.15, 0.2) is 0 Å². The van der Waals surface area contributed by atoms with Crippen molar-refractivity contribution in [2.75, 3.05) is 13.1 Å². The Bertz CT molecular complexity index is 1380. The number of nitrogens with zero attached hydrogens (tertiary/aromatic N) is 1. The molecule has 7 nitrogen and oxygen atoms in total. The smallest absolute Gasteiger partial charge is 0.326 e. The molecule has 3 aromatic rings. The molecule has 1 aromatic heterocycles. The maximum atomic E-state index is 12.7. The molecule has 2 heterocycles. The van der Waals surface area contributed by atoms with E-state index in [-0.39, 0.29) is 28.6 Å². The number of carboxylic acids is 1. The quantitative estimate of drug-likeness (QED) is 0.402. The number of benzene rings is 2. The molecule has 0 unspecified atom stereocenters. The Morgan fingerprint density at radius 2 is 1.75 bits per heavy atom. The van der Waals surface area contributed by atoms with Crippen molar-refractivity contribution < 1.29 is 23.1 Å². The van der Waals surface area contributed by atoms with Gasteiger partial charge in [0.2, 0.25) is 0 Å². The molecule has 4 rings (SSSR count). The average molecular weight is 566 g/mol. The van der Waals surface area contributed by atoms with E-state index in [0.29, 0.717) is 17.2 Å². The molecule has 0 saturated carbocycles. The largest absolute Gasteiger partial charge is 0.480 e. The summed E-state index contributed by atoms with van der Waals surface area (Å²) in [7, 11) is -3.49. The van der Waals surface area contributed by atoms with Crippen molar-refractivity contribution in [3.8, 4) is 0 Å². The summed E-state index contributed by atoms with van der Waals surface area (Å²) in [5.41, 5.74) is 2.71. The number of halogens is 2. The van der Waals surface area contributed by atoms with E-state index in [1.807, 2.05) is 18.2 Å². The van der Waals surface area contributed by atoms with Crippen molar-refractivity contribution in [1.82, 2.24) is 9.62 Å². The molecule has 36 heavy (non-hydrogen) atoms. The van der Waals surface area contributed by atoms with E-state index in [9.17, 15) is 23.1 Å². The lowest BCUT2D eigenvalue weighted by molar-refractivity contribution is -0.139. The second-order valence-corrected chi connectivity index (χ2v) is 12.1. The van der Waals surface area contributed by atoms with Gasteiger partial charge in [0, 0.05) is 19.5 Å². The predicted octanol–water partition coefficient (Wildman–Crippen LogP) is 4.96. The molecule has 0 saturated heterocycles. The van der Waals surface area contributed by atoms with Gasteiger partial charge in [0.25, 0.3) is 15.9 Å². The summed E-state index contributed by atoms with van der Waals surface area (Å²) in [4.78, 5) is 24.4. The second kappa shape index (κ2) is 11.1. The molecular weight excluding hydrogens is 543 g/mol. The minimum absolute atomic E-state index is 0.0294. The van der Waals surface area contributed by atoms with Crippen LogP contribution in [0.1, 0.15) is 27.9 Å². The van der Waals surface area contributed by atoms with Crippen molar-refractivity contribution in [1.29, 1.82) is 0 Å². The number of carbonyl (C=O) groups is 2. The van der Waals surface area contributed by atoms with E-state index in [2.05, 4.69) is 5.32 Å². The molecule has 188 valence electrons. The lowest BCUT2D eigenvalue weighted by Crippen LogP contribution is -2.42. The molecule has 11 heteroatoms. The first-order chi connectivity index (χ1) is 17.2. The van der Waals surface area contributed by atoms with Crippen LogP contribution in [0.3, 0.4) is 0 Å². The minimum atomic E-state index is -3.49. The number of sulfonamides is 1. The Labute approximate surface area is 223 Å². The Kier molecular flexibility index (Phi) is 8.17. The zero-order valence-corrected chi connectivity index (χ0v) is 22.0. The number of carboxylic acid groups (broad SMARTS) is 1. The molecule has 2 N–H and O–H groups in total. The summed E-state index contributed by atoms with van der Waals surface area (Å²) in [6, 6.07) is 14.1. The van der Waals surface area contributed by atoms with E-state index in [1.54, 1.807) is 35.7 Å². The summed E-state index contributed by atoms with van der Waals surface area (Å²) in [6.45, 7) is 0.667. The Morgan fingerprint density at radius 1 is 1.06 bits per heavy atom. The fourth-order valence-corrected chi connectivity index (χ4v) is 7.00. The van der Waals surface area contributed by atoms with Crippen molar-refractivity contribution >= 4 is 62.0 Å². The monoisotopic (exact) mass is 564 g/mol. The van der Waals surface area contributed by atoms with E-state index in [0.717, 1.165) is 16.7 Å². The van der Waals surface area contributed by atoms with Crippen molar-refractivity contribution in [3.63, 3.8) is 0 Å². The topological polar surface area (TPSA) is 104 Å². The third-order valence-electron chi connectivity index (χ3n) is 5.82. The van der Waals surface area contributed by atoms with Gasteiger partial charge in [-0.25, -0.2) is 13.2 Å². The number of carbonyl (C=O) groups excluding carboxylic acids is 1. The Hall–Kier alpha value is -2.69. The van der Waals surface area contributed by atoms with E-state index < -0.39 is 27.9 Å². The summed E-state index contributed by atoms with van der Waals surface area (Å²) in [6.07, 6.45) is 2.53. The zero-order chi connectivity index (χ0) is 25.9. The molecule has 1 aliphatic heterocycles. The molecule has 0 aliphatic carbocycles. The van der Waals surface area contributed by atoms with E-state index in [1.165, 1.54) is 27.8 Å². The molecular formula is C25H22Cl2N2O5S2. The first-order valence-electron chi connectivity index (χ1n) is 11.0. The number of rotatable bonds is 8. The summed E-state index contributed by atoms with van der Waals surface area (Å²) in [5, 5.41) is 14.1. The van der Waals surface area contributed by atoms with Crippen molar-refractivity contribution in [2.45, 2.75) is 23.1 Å². The molecule has 0 fully saturated rings. The summed E-state index contributed by atoms with van der Waals surface area (Å²) in [5.74, 6) is -1.85. The van der Waals surface area contributed by atoms with Crippen molar-refractivity contribution in [2.24, 2.45) is 0 Å². The summed E-state index contributed by atoms with van der Waals surface area (Å²) < 4.78 is 27.2. The maximum absolute atomic E-state index is 12.7. The lowest BCUT2D eigenvalue weighted by atomic mass is 9.97. The predicted molar refractivity (Wildman–Crippen MR) is 141 cm³/mol. The van der Waals surface area contributed by atoms with Gasteiger partial charge in [-0.15, -0.1) is 11.3 Å². The van der Waals surface area contributed by atoms with Crippen LogP contribution in [0.15, 0.2) is 70.3 Å². The first-order valence-corrected chi connectivity index (χ1v) is 14.0. The highest BCUT2D eigenvalue weighted by Crippen LogP contribution is 2.28. The van der Waals surface area contributed by atoms with Crippen LogP contribution >= 0.6 is 34.5 Å². The number of thiophene rings is 1. The standard InChI is InChI=1S/C25H22Cl2N2O5S2/c26-19-3-1-4-20(27)23(19)24(30)28-21(25(31)32)15-16-6-8-17(9-7-16)18-10-12-29(13-11-18)36(33,34)22-5-2-14-35-22/h1-10,14,21H,11-13,15H2,(H,28,30)(H,31,32)/t21-/m0/s1. The number of hydrogen-bond acceptors (Lipinski definition) is 5. The number of nitrogens with one attached hydrogen (secondary N) is 1. The van der Waals surface area contributed by atoms with E-state index in [4.69, 9.17) is 23.2 Å². The van der Waals surface area contributed by atoms with Crippen LogP contribution in [0.5, 0.6) is 0 Å².